The number of nitrogens with one attached hydrogen (secondary N) is 1. The number of pyridine rings is 1. The number of aliphatic carboxylic acids is 1. The standard InChI is InChI=1S/C17H18N6O.C2HF3O2/c1-9-6-14(21-11(3)20-9)17-22-16(23-24-17)15-10(2)19-8-12-7-18-5-4-13(12)15;3-2(4,5)1(6)7/h6,8,18H,4-5,7H2,1-3H3;(H,6,7). The third-order valence-electron chi connectivity index (χ3n) is 4.41. The molecule has 4 heterocycles. The maximum absolute atomic E-state index is 10.6. The number of hydrogen-bond donors (Lipinski definition) is 2. The number of fused-ring (bicyclic) bond motifs is 1. The zero-order valence-corrected chi connectivity index (χ0v) is 16.9. The molecule has 1 aliphatic rings. The van der Waals surface area contributed by atoms with Crippen LogP contribution in [-0.4, -0.2) is 48.9 Å². The van der Waals surface area contributed by atoms with Crippen LogP contribution in [0.2, 0.25) is 0 Å². The molecule has 1 aliphatic heterocycles. The van der Waals surface area contributed by atoms with Crippen molar-refractivity contribution in [2.24, 2.45) is 0 Å². The van der Waals surface area contributed by atoms with E-state index >= 15 is 0 Å². The highest BCUT2D eigenvalue weighted by atomic mass is 19.4. The smallest absolute Gasteiger partial charge is 0.475 e. The number of rotatable bonds is 2. The second kappa shape index (κ2) is 8.76. The number of nitrogens with zero attached hydrogens (tertiary/aromatic N) is 5. The van der Waals surface area contributed by atoms with E-state index in [-0.39, 0.29) is 0 Å². The molecule has 12 heteroatoms. The topological polar surface area (TPSA) is 127 Å². The van der Waals surface area contributed by atoms with Crippen LogP contribution in [0.1, 0.15) is 28.3 Å². The molecule has 0 radical (unpaired) electrons. The normalized spacial score (nSPS) is 13.2. The van der Waals surface area contributed by atoms with Crippen LogP contribution in [0.5, 0.6) is 0 Å². The van der Waals surface area contributed by atoms with Gasteiger partial charge in [-0.05, 0) is 50.9 Å². The van der Waals surface area contributed by atoms with Crippen molar-refractivity contribution < 1.29 is 27.6 Å². The van der Waals surface area contributed by atoms with Crippen LogP contribution in [0, 0.1) is 20.8 Å². The quantitative estimate of drug-likeness (QED) is 0.623. The van der Waals surface area contributed by atoms with Crippen LogP contribution in [-0.2, 0) is 17.8 Å². The fourth-order valence-electron chi connectivity index (χ4n) is 3.12. The van der Waals surface area contributed by atoms with Gasteiger partial charge in [-0.3, -0.25) is 4.98 Å². The molecule has 0 fully saturated rings. The van der Waals surface area contributed by atoms with E-state index in [1.165, 1.54) is 11.1 Å². The highest BCUT2D eigenvalue weighted by Gasteiger charge is 2.38. The highest BCUT2D eigenvalue weighted by molar-refractivity contribution is 5.73. The van der Waals surface area contributed by atoms with E-state index < -0.39 is 12.1 Å². The Morgan fingerprint density at radius 2 is 1.90 bits per heavy atom. The van der Waals surface area contributed by atoms with Gasteiger partial charge in [0.2, 0.25) is 5.82 Å². The Hall–Kier alpha value is -3.41. The average molecular weight is 436 g/mol. The molecular formula is C19H19F3N6O3. The van der Waals surface area contributed by atoms with Gasteiger partial charge >= 0.3 is 12.1 Å². The Kier molecular flexibility index (Phi) is 6.29. The molecule has 0 spiro atoms. The molecule has 3 aromatic heterocycles. The number of aromatic nitrogens is 5. The molecule has 0 aromatic carbocycles. The lowest BCUT2D eigenvalue weighted by Crippen LogP contribution is -2.24. The predicted molar refractivity (Wildman–Crippen MR) is 102 cm³/mol. The van der Waals surface area contributed by atoms with Crippen molar-refractivity contribution in [3.63, 3.8) is 0 Å². The lowest BCUT2D eigenvalue weighted by atomic mass is 9.95. The van der Waals surface area contributed by atoms with Crippen molar-refractivity contribution in [2.75, 3.05) is 6.54 Å². The van der Waals surface area contributed by atoms with Crippen molar-refractivity contribution in [1.82, 2.24) is 30.4 Å². The van der Waals surface area contributed by atoms with Gasteiger partial charge in [0.25, 0.3) is 5.89 Å². The molecular weight excluding hydrogens is 417 g/mol. The second-order valence-corrected chi connectivity index (χ2v) is 6.82. The van der Waals surface area contributed by atoms with Crippen molar-refractivity contribution in [2.45, 2.75) is 39.9 Å². The van der Waals surface area contributed by atoms with E-state index in [0.717, 1.165) is 36.5 Å². The van der Waals surface area contributed by atoms with Gasteiger partial charge in [0.1, 0.15) is 11.5 Å². The summed E-state index contributed by atoms with van der Waals surface area (Å²) < 4.78 is 37.2. The molecule has 2 N–H and O–H groups in total. The van der Waals surface area contributed by atoms with Gasteiger partial charge in [-0.15, -0.1) is 0 Å². The van der Waals surface area contributed by atoms with E-state index in [0.29, 0.717) is 23.2 Å². The fourth-order valence-corrected chi connectivity index (χ4v) is 3.12. The SMILES string of the molecule is Cc1cc(-c2nc(-c3c(C)ncc4c3CCNC4)no2)nc(C)n1.O=C(O)C(F)(F)F. The average Bonchev–Trinajstić information content (AvgIpc) is 3.16. The molecule has 0 aliphatic carbocycles. The molecule has 31 heavy (non-hydrogen) atoms. The monoisotopic (exact) mass is 436 g/mol. The lowest BCUT2D eigenvalue weighted by molar-refractivity contribution is -0.192. The maximum Gasteiger partial charge on any atom is 0.490 e. The third kappa shape index (κ3) is 5.20. The first kappa shape index (κ1) is 22.3. The van der Waals surface area contributed by atoms with Crippen LogP contribution in [0.4, 0.5) is 13.2 Å². The molecule has 164 valence electrons. The Balaban J connectivity index is 0.000000339. The molecule has 0 bridgehead atoms. The molecule has 0 saturated heterocycles. The first-order chi connectivity index (χ1) is 14.6. The molecule has 4 rings (SSSR count). The lowest BCUT2D eigenvalue weighted by Gasteiger charge is -2.19. The van der Waals surface area contributed by atoms with Crippen molar-refractivity contribution in [3.05, 3.63) is 40.6 Å². The Labute approximate surface area is 174 Å². The number of carbonyl (C=O) groups is 1. The Bertz CT molecular complexity index is 1090. The minimum absolute atomic E-state index is 0.407. The van der Waals surface area contributed by atoms with E-state index in [1.54, 1.807) is 0 Å². The van der Waals surface area contributed by atoms with Gasteiger partial charge in [0.15, 0.2) is 0 Å². The van der Waals surface area contributed by atoms with Gasteiger partial charge in [-0.2, -0.15) is 18.2 Å². The summed E-state index contributed by atoms with van der Waals surface area (Å²) in [7, 11) is 0. The first-order valence-corrected chi connectivity index (χ1v) is 9.21. The van der Waals surface area contributed by atoms with Gasteiger partial charge in [-0.1, -0.05) is 5.16 Å². The predicted octanol–water partition coefficient (Wildman–Crippen LogP) is 2.79. The molecule has 0 unspecified atom stereocenters. The summed E-state index contributed by atoms with van der Waals surface area (Å²) in [5.41, 5.74) is 5.87. The minimum Gasteiger partial charge on any atom is -0.475 e. The molecule has 3 aromatic rings. The summed E-state index contributed by atoms with van der Waals surface area (Å²) in [6, 6.07) is 1.85. The van der Waals surface area contributed by atoms with Crippen molar-refractivity contribution in [1.29, 1.82) is 0 Å². The zero-order chi connectivity index (χ0) is 22.8. The zero-order valence-electron chi connectivity index (χ0n) is 16.9. The van der Waals surface area contributed by atoms with Crippen LogP contribution < -0.4 is 5.32 Å². The molecule has 0 saturated carbocycles. The summed E-state index contributed by atoms with van der Waals surface area (Å²) in [5, 5.41) is 14.7. The van der Waals surface area contributed by atoms with Crippen LogP contribution in [0.25, 0.3) is 23.0 Å². The van der Waals surface area contributed by atoms with Gasteiger partial charge in [0, 0.05) is 29.7 Å². The largest absolute Gasteiger partial charge is 0.490 e. The number of halogens is 3. The van der Waals surface area contributed by atoms with Crippen LogP contribution in [0.3, 0.4) is 0 Å². The van der Waals surface area contributed by atoms with Crippen LogP contribution in [0.15, 0.2) is 16.8 Å². The molecule has 0 amide bonds. The summed E-state index contributed by atoms with van der Waals surface area (Å²) in [4.78, 5) is 26.6. The second-order valence-electron chi connectivity index (χ2n) is 6.82. The van der Waals surface area contributed by atoms with E-state index in [1.807, 2.05) is 33.0 Å². The Morgan fingerprint density at radius 3 is 2.55 bits per heavy atom. The maximum atomic E-state index is 10.6. The van der Waals surface area contributed by atoms with Crippen molar-refractivity contribution in [3.8, 4) is 23.0 Å². The van der Waals surface area contributed by atoms with Crippen molar-refractivity contribution >= 4 is 5.97 Å². The number of carboxylic acid groups (broad SMARTS) is 1. The number of carboxylic acids is 1. The van der Waals surface area contributed by atoms with E-state index in [2.05, 4.69) is 30.4 Å². The summed E-state index contributed by atoms with van der Waals surface area (Å²) in [5.74, 6) is -1.09. The third-order valence-corrected chi connectivity index (χ3v) is 4.41. The summed E-state index contributed by atoms with van der Waals surface area (Å²) in [6.07, 6.45) is -2.22. The Morgan fingerprint density at radius 1 is 1.19 bits per heavy atom. The number of alkyl halides is 3. The molecule has 9 nitrogen and oxygen atoms in total. The highest BCUT2D eigenvalue weighted by Crippen LogP contribution is 2.30. The van der Waals surface area contributed by atoms with Gasteiger partial charge in [-0.25, -0.2) is 14.8 Å². The fraction of sp³-hybridized carbons (Fsp3) is 0.368. The van der Waals surface area contributed by atoms with Gasteiger partial charge in [0.05, 0.1) is 0 Å². The summed E-state index contributed by atoms with van der Waals surface area (Å²) in [6.45, 7) is 7.52. The van der Waals surface area contributed by atoms with Gasteiger partial charge < -0.3 is 14.9 Å². The van der Waals surface area contributed by atoms with Crippen LogP contribution >= 0.6 is 0 Å². The van der Waals surface area contributed by atoms with E-state index in [4.69, 9.17) is 14.4 Å². The first-order valence-electron chi connectivity index (χ1n) is 9.21. The molecule has 0 atom stereocenters. The number of aryl methyl sites for hydroxylation is 3. The van der Waals surface area contributed by atoms with E-state index in [9.17, 15) is 13.2 Å². The summed E-state index contributed by atoms with van der Waals surface area (Å²) >= 11 is 0. The minimum atomic E-state index is -5.08. The number of hydrogen-bond acceptors (Lipinski definition) is 8.